The molecule has 0 unspecified atom stereocenters. The summed E-state index contributed by atoms with van der Waals surface area (Å²) in [4.78, 5) is 4.13. The maximum atomic E-state index is 10.5. The quantitative estimate of drug-likeness (QED) is 0.802. The van der Waals surface area contributed by atoms with E-state index >= 15 is 0 Å². The minimum absolute atomic E-state index is 0.152. The van der Waals surface area contributed by atoms with Gasteiger partial charge in [-0.05, 0) is 12.1 Å². The standard InChI is InChI=1S/C8H9N3O3S/c9-15(12,13)14-6-7-5-11-4-2-1-3-8(11)10-7/h1-5H,6H2,(H2,9,12,13). The summed E-state index contributed by atoms with van der Waals surface area (Å²) in [7, 11) is -3.91. The molecule has 0 amide bonds. The van der Waals surface area contributed by atoms with Crippen LogP contribution in [0.2, 0.25) is 0 Å². The summed E-state index contributed by atoms with van der Waals surface area (Å²) in [5, 5.41) is 4.69. The molecule has 0 saturated carbocycles. The first-order valence-corrected chi connectivity index (χ1v) is 5.61. The van der Waals surface area contributed by atoms with Gasteiger partial charge in [-0.15, -0.1) is 0 Å². The third-order valence-electron chi connectivity index (χ3n) is 1.78. The lowest BCUT2D eigenvalue weighted by Gasteiger charge is -1.95. The average molecular weight is 227 g/mol. The molecule has 2 N–H and O–H groups in total. The fraction of sp³-hybridized carbons (Fsp3) is 0.125. The van der Waals surface area contributed by atoms with Crippen LogP contribution in [0.5, 0.6) is 0 Å². The molecule has 6 nitrogen and oxygen atoms in total. The van der Waals surface area contributed by atoms with Gasteiger partial charge in [0.1, 0.15) is 12.3 Å². The lowest BCUT2D eigenvalue weighted by atomic mass is 10.5. The summed E-state index contributed by atoms with van der Waals surface area (Å²) in [6, 6.07) is 5.49. The minimum Gasteiger partial charge on any atom is -0.307 e. The van der Waals surface area contributed by atoms with E-state index < -0.39 is 10.3 Å². The Morgan fingerprint density at radius 3 is 2.93 bits per heavy atom. The maximum absolute atomic E-state index is 10.5. The Kier molecular flexibility index (Phi) is 2.43. The van der Waals surface area contributed by atoms with E-state index in [-0.39, 0.29) is 6.61 Å². The zero-order chi connectivity index (χ0) is 10.9. The van der Waals surface area contributed by atoms with Crippen LogP contribution in [0.1, 0.15) is 5.69 Å². The highest BCUT2D eigenvalue weighted by molar-refractivity contribution is 7.84. The second-order valence-corrected chi connectivity index (χ2v) is 4.17. The SMILES string of the molecule is NS(=O)(=O)OCc1cn2ccccc2n1. The molecule has 2 aromatic rings. The van der Waals surface area contributed by atoms with Crippen LogP contribution >= 0.6 is 0 Å². The van der Waals surface area contributed by atoms with E-state index in [0.29, 0.717) is 5.69 Å². The van der Waals surface area contributed by atoms with E-state index in [1.807, 2.05) is 18.3 Å². The number of aromatic nitrogens is 2. The summed E-state index contributed by atoms with van der Waals surface area (Å²) in [6.45, 7) is -0.152. The van der Waals surface area contributed by atoms with Gasteiger partial charge < -0.3 is 4.40 Å². The van der Waals surface area contributed by atoms with Gasteiger partial charge in [0.05, 0.1) is 5.69 Å². The first-order chi connectivity index (χ1) is 7.04. The van der Waals surface area contributed by atoms with Crippen LogP contribution in [0.15, 0.2) is 30.6 Å². The van der Waals surface area contributed by atoms with Gasteiger partial charge in [0, 0.05) is 12.4 Å². The number of hydrogen-bond donors (Lipinski definition) is 1. The fourth-order valence-electron chi connectivity index (χ4n) is 1.20. The number of rotatable bonds is 3. The monoisotopic (exact) mass is 227 g/mol. The van der Waals surface area contributed by atoms with Crippen molar-refractivity contribution in [2.24, 2.45) is 5.14 Å². The van der Waals surface area contributed by atoms with Crippen LogP contribution in [-0.4, -0.2) is 17.8 Å². The van der Waals surface area contributed by atoms with Crippen molar-refractivity contribution in [3.8, 4) is 0 Å². The molecule has 0 aliphatic rings. The highest BCUT2D eigenvalue weighted by Crippen LogP contribution is 2.05. The summed E-state index contributed by atoms with van der Waals surface area (Å²) in [6.07, 6.45) is 3.49. The zero-order valence-electron chi connectivity index (χ0n) is 7.70. The van der Waals surface area contributed by atoms with Gasteiger partial charge in [0.25, 0.3) is 0 Å². The zero-order valence-corrected chi connectivity index (χ0v) is 8.52. The van der Waals surface area contributed by atoms with Crippen LogP contribution in [-0.2, 0) is 21.1 Å². The largest absolute Gasteiger partial charge is 0.333 e. The molecule has 0 aliphatic carbocycles. The topological polar surface area (TPSA) is 86.7 Å². The summed E-state index contributed by atoms with van der Waals surface area (Å²) >= 11 is 0. The van der Waals surface area contributed by atoms with E-state index in [1.54, 1.807) is 16.7 Å². The lowest BCUT2D eigenvalue weighted by Crippen LogP contribution is -2.15. The highest BCUT2D eigenvalue weighted by atomic mass is 32.2. The van der Waals surface area contributed by atoms with E-state index in [1.165, 1.54) is 0 Å². The molecule has 2 heterocycles. The minimum atomic E-state index is -3.91. The second kappa shape index (κ2) is 3.61. The van der Waals surface area contributed by atoms with E-state index in [9.17, 15) is 8.42 Å². The molecular formula is C8H9N3O3S. The Labute approximate surface area is 86.6 Å². The Bertz CT molecular complexity index is 543. The van der Waals surface area contributed by atoms with Crippen LogP contribution in [0.3, 0.4) is 0 Å². The molecule has 0 aliphatic heterocycles. The molecule has 15 heavy (non-hydrogen) atoms. The molecule has 2 aromatic heterocycles. The molecule has 0 radical (unpaired) electrons. The Hall–Kier alpha value is -1.44. The van der Waals surface area contributed by atoms with Crippen molar-refractivity contribution in [1.29, 1.82) is 0 Å². The van der Waals surface area contributed by atoms with Gasteiger partial charge in [-0.25, -0.2) is 10.1 Å². The number of nitrogens with zero attached hydrogens (tertiary/aromatic N) is 2. The van der Waals surface area contributed by atoms with Crippen LogP contribution < -0.4 is 5.14 Å². The number of imidazole rings is 1. The van der Waals surface area contributed by atoms with Crippen molar-refractivity contribution in [3.63, 3.8) is 0 Å². The highest BCUT2D eigenvalue weighted by Gasteiger charge is 2.06. The normalized spacial score (nSPS) is 12.1. The summed E-state index contributed by atoms with van der Waals surface area (Å²) in [5.41, 5.74) is 1.24. The molecule has 0 atom stereocenters. The second-order valence-electron chi connectivity index (χ2n) is 2.95. The predicted octanol–water partition coefficient (Wildman–Crippen LogP) is 0.0544. The van der Waals surface area contributed by atoms with Crippen molar-refractivity contribution in [3.05, 3.63) is 36.3 Å². The summed E-state index contributed by atoms with van der Waals surface area (Å²) < 4.78 is 27.3. The first kappa shape index (κ1) is 10.1. The van der Waals surface area contributed by atoms with Gasteiger partial charge >= 0.3 is 10.3 Å². The Morgan fingerprint density at radius 1 is 1.47 bits per heavy atom. The van der Waals surface area contributed by atoms with Gasteiger partial charge in [0.2, 0.25) is 0 Å². The van der Waals surface area contributed by atoms with Crippen LogP contribution in [0.25, 0.3) is 5.65 Å². The van der Waals surface area contributed by atoms with Gasteiger partial charge in [-0.3, -0.25) is 4.18 Å². The molecule has 2 rings (SSSR count). The summed E-state index contributed by atoms with van der Waals surface area (Å²) in [5.74, 6) is 0. The van der Waals surface area contributed by atoms with E-state index in [4.69, 9.17) is 5.14 Å². The predicted molar refractivity (Wildman–Crippen MR) is 53.1 cm³/mol. The van der Waals surface area contributed by atoms with Crippen molar-refractivity contribution in [2.75, 3.05) is 0 Å². The first-order valence-electron chi connectivity index (χ1n) is 4.14. The van der Waals surface area contributed by atoms with Crippen LogP contribution in [0.4, 0.5) is 0 Å². The molecule has 80 valence electrons. The third kappa shape index (κ3) is 2.52. The smallest absolute Gasteiger partial charge is 0.307 e. The number of pyridine rings is 1. The molecule has 0 spiro atoms. The van der Waals surface area contributed by atoms with Gasteiger partial charge in [0.15, 0.2) is 0 Å². The molecule has 0 fully saturated rings. The van der Waals surface area contributed by atoms with Crippen molar-refractivity contribution < 1.29 is 12.6 Å². The molecule has 0 bridgehead atoms. The molecule has 0 aromatic carbocycles. The van der Waals surface area contributed by atoms with E-state index in [0.717, 1.165) is 5.65 Å². The molecule has 7 heteroatoms. The van der Waals surface area contributed by atoms with Gasteiger partial charge in [-0.2, -0.15) is 8.42 Å². The number of hydrogen-bond acceptors (Lipinski definition) is 4. The fourth-order valence-corrected chi connectivity index (χ4v) is 1.48. The lowest BCUT2D eigenvalue weighted by molar-refractivity contribution is 0.305. The van der Waals surface area contributed by atoms with Crippen molar-refractivity contribution in [1.82, 2.24) is 9.38 Å². The Balaban J connectivity index is 2.23. The van der Waals surface area contributed by atoms with Gasteiger partial charge in [-0.1, -0.05) is 6.07 Å². The third-order valence-corrected chi connectivity index (χ3v) is 2.23. The Morgan fingerprint density at radius 2 is 2.27 bits per heavy atom. The number of fused-ring (bicyclic) bond motifs is 1. The van der Waals surface area contributed by atoms with E-state index in [2.05, 4.69) is 9.17 Å². The molecule has 0 saturated heterocycles. The average Bonchev–Trinajstić information content (AvgIpc) is 2.56. The molecular weight excluding hydrogens is 218 g/mol. The maximum Gasteiger partial charge on any atom is 0.333 e. The van der Waals surface area contributed by atoms with Crippen molar-refractivity contribution in [2.45, 2.75) is 6.61 Å². The number of nitrogens with two attached hydrogens (primary N) is 1. The van der Waals surface area contributed by atoms with Crippen LogP contribution in [0, 0.1) is 0 Å². The van der Waals surface area contributed by atoms with Crippen molar-refractivity contribution >= 4 is 16.0 Å².